The standard InChI is InChI=1S/C24H26N2O6/c1-14(2)13-26-19-8-5-15(12-25)9-18(19)23(32-21(24(26)29)11-22(27)28)17-7-6-16(30-3)10-20(17)31-4/h5-10,14,21,23H,11,13H2,1-4H3,(H,27,28)/t21-,23-/m1/s1. The maximum atomic E-state index is 13.4. The van der Waals surface area contributed by atoms with Crippen LogP contribution in [0.25, 0.3) is 0 Å². The highest BCUT2D eigenvalue weighted by Gasteiger charge is 2.38. The van der Waals surface area contributed by atoms with Crippen LogP contribution >= 0.6 is 0 Å². The zero-order valence-electron chi connectivity index (χ0n) is 18.5. The summed E-state index contributed by atoms with van der Waals surface area (Å²) in [5.74, 6) is -0.412. The number of amides is 1. The first-order valence-electron chi connectivity index (χ1n) is 10.2. The first-order chi connectivity index (χ1) is 15.3. The summed E-state index contributed by atoms with van der Waals surface area (Å²) in [6, 6.07) is 12.3. The third kappa shape index (κ3) is 4.68. The maximum Gasteiger partial charge on any atom is 0.306 e. The van der Waals surface area contributed by atoms with Gasteiger partial charge in [-0.3, -0.25) is 9.59 Å². The second-order valence-corrected chi connectivity index (χ2v) is 7.94. The van der Waals surface area contributed by atoms with Crippen LogP contribution in [0.5, 0.6) is 11.5 Å². The topological polar surface area (TPSA) is 109 Å². The first-order valence-corrected chi connectivity index (χ1v) is 10.2. The predicted molar refractivity (Wildman–Crippen MR) is 117 cm³/mol. The van der Waals surface area contributed by atoms with Crippen molar-refractivity contribution in [3.63, 3.8) is 0 Å². The van der Waals surface area contributed by atoms with Crippen molar-refractivity contribution in [3.05, 3.63) is 53.1 Å². The molecule has 1 aliphatic heterocycles. The fourth-order valence-electron chi connectivity index (χ4n) is 3.79. The lowest BCUT2D eigenvalue weighted by Crippen LogP contribution is -2.42. The molecule has 1 amide bonds. The van der Waals surface area contributed by atoms with Crippen LogP contribution in [0.1, 0.15) is 43.1 Å². The summed E-state index contributed by atoms with van der Waals surface area (Å²) in [6.07, 6.45) is -2.52. The molecule has 1 heterocycles. The largest absolute Gasteiger partial charge is 0.497 e. The van der Waals surface area contributed by atoms with Crippen LogP contribution in [-0.4, -0.2) is 43.9 Å². The van der Waals surface area contributed by atoms with Crippen LogP contribution in [0.15, 0.2) is 36.4 Å². The van der Waals surface area contributed by atoms with E-state index >= 15 is 0 Å². The van der Waals surface area contributed by atoms with Gasteiger partial charge in [-0.25, -0.2) is 0 Å². The molecule has 8 nitrogen and oxygen atoms in total. The number of hydrogen-bond acceptors (Lipinski definition) is 6. The number of ether oxygens (including phenoxy) is 3. The Kier molecular flexibility index (Phi) is 7.01. The Morgan fingerprint density at radius 3 is 2.53 bits per heavy atom. The van der Waals surface area contributed by atoms with Gasteiger partial charge in [0.15, 0.2) is 0 Å². The third-order valence-corrected chi connectivity index (χ3v) is 5.20. The first kappa shape index (κ1) is 23.1. The zero-order chi connectivity index (χ0) is 23.4. The number of fused-ring (bicyclic) bond motifs is 1. The molecule has 2 aromatic rings. The number of anilines is 1. The lowest BCUT2D eigenvalue weighted by Gasteiger charge is -2.26. The number of nitriles is 1. The molecule has 1 N–H and O–H groups in total. The highest BCUT2D eigenvalue weighted by atomic mass is 16.5. The number of carboxylic acids is 1. The highest BCUT2D eigenvalue weighted by Crippen LogP contribution is 2.43. The summed E-state index contributed by atoms with van der Waals surface area (Å²) < 4.78 is 17.0. The van der Waals surface area contributed by atoms with Gasteiger partial charge in [0.25, 0.3) is 5.91 Å². The molecule has 0 unspecified atom stereocenters. The van der Waals surface area contributed by atoms with E-state index in [1.54, 1.807) is 41.3 Å². The van der Waals surface area contributed by atoms with Crippen molar-refractivity contribution in [2.45, 2.75) is 32.5 Å². The van der Waals surface area contributed by atoms with Crippen LogP contribution in [-0.2, 0) is 14.3 Å². The number of rotatable bonds is 7. The van der Waals surface area contributed by atoms with Crippen molar-refractivity contribution >= 4 is 17.6 Å². The molecule has 0 fully saturated rings. The number of carboxylic acid groups (broad SMARTS) is 1. The molecule has 0 aliphatic carbocycles. The van der Waals surface area contributed by atoms with Crippen LogP contribution in [0, 0.1) is 17.2 Å². The molecule has 2 aromatic carbocycles. The van der Waals surface area contributed by atoms with Gasteiger partial charge in [0.2, 0.25) is 0 Å². The average Bonchev–Trinajstić information content (AvgIpc) is 2.88. The number of carbonyl (C=O) groups is 2. The molecular formula is C24H26N2O6. The van der Waals surface area contributed by atoms with E-state index in [1.165, 1.54) is 14.2 Å². The van der Waals surface area contributed by atoms with E-state index in [1.807, 2.05) is 13.8 Å². The molecule has 1 aliphatic rings. The monoisotopic (exact) mass is 438 g/mol. The number of methoxy groups -OCH3 is 2. The Balaban J connectivity index is 2.26. The fourth-order valence-corrected chi connectivity index (χ4v) is 3.79. The van der Waals surface area contributed by atoms with Gasteiger partial charge in [0.1, 0.15) is 23.7 Å². The van der Waals surface area contributed by atoms with Crippen molar-refractivity contribution < 1.29 is 28.9 Å². The Morgan fingerprint density at radius 1 is 1.19 bits per heavy atom. The van der Waals surface area contributed by atoms with Gasteiger partial charge in [0, 0.05) is 29.4 Å². The minimum Gasteiger partial charge on any atom is -0.497 e. The molecule has 8 heteroatoms. The van der Waals surface area contributed by atoms with E-state index in [0.29, 0.717) is 40.4 Å². The normalized spacial score (nSPS) is 18.0. The van der Waals surface area contributed by atoms with Crippen molar-refractivity contribution in [3.8, 4) is 17.6 Å². The molecule has 0 saturated carbocycles. The molecule has 3 rings (SSSR count). The van der Waals surface area contributed by atoms with Crippen LogP contribution in [0.2, 0.25) is 0 Å². The Bertz CT molecular complexity index is 1060. The number of benzene rings is 2. The summed E-state index contributed by atoms with van der Waals surface area (Å²) in [5, 5.41) is 18.9. The van der Waals surface area contributed by atoms with E-state index in [0.717, 1.165) is 0 Å². The summed E-state index contributed by atoms with van der Waals surface area (Å²) in [5.41, 5.74) is 2.17. The molecule has 0 saturated heterocycles. The quantitative estimate of drug-likeness (QED) is 0.704. The van der Waals surface area contributed by atoms with Gasteiger partial charge in [0.05, 0.1) is 32.3 Å². The number of aliphatic carboxylic acids is 1. The predicted octanol–water partition coefficient (Wildman–Crippen LogP) is 3.53. The lowest BCUT2D eigenvalue weighted by atomic mass is 9.96. The number of carbonyl (C=O) groups excluding carboxylic acids is 1. The average molecular weight is 438 g/mol. The van der Waals surface area contributed by atoms with E-state index in [-0.39, 0.29) is 5.92 Å². The summed E-state index contributed by atoms with van der Waals surface area (Å²) >= 11 is 0. The van der Waals surface area contributed by atoms with Gasteiger partial charge < -0.3 is 24.2 Å². The maximum absolute atomic E-state index is 13.4. The smallest absolute Gasteiger partial charge is 0.306 e. The SMILES string of the molecule is COc1ccc([C@H]2O[C@H](CC(=O)O)C(=O)N(CC(C)C)c3ccc(C#N)cc32)c(OC)c1. The van der Waals surface area contributed by atoms with Gasteiger partial charge in [-0.1, -0.05) is 13.8 Å². The Morgan fingerprint density at radius 2 is 1.94 bits per heavy atom. The molecular weight excluding hydrogens is 412 g/mol. The fraction of sp³-hybridized carbons (Fsp3) is 0.375. The van der Waals surface area contributed by atoms with Crippen molar-refractivity contribution in [2.75, 3.05) is 25.7 Å². The number of nitrogens with zero attached hydrogens (tertiary/aromatic N) is 2. The third-order valence-electron chi connectivity index (χ3n) is 5.20. The van der Waals surface area contributed by atoms with Gasteiger partial charge >= 0.3 is 5.97 Å². The summed E-state index contributed by atoms with van der Waals surface area (Å²) in [7, 11) is 3.04. The molecule has 0 bridgehead atoms. The van der Waals surface area contributed by atoms with E-state index < -0.39 is 30.5 Å². The lowest BCUT2D eigenvalue weighted by molar-refractivity contribution is -0.147. The Hall–Kier alpha value is -3.57. The summed E-state index contributed by atoms with van der Waals surface area (Å²) in [6.45, 7) is 4.32. The molecule has 0 spiro atoms. The highest BCUT2D eigenvalue weighted by molar-refractivity contribution is 5.99. The zero-order valence-corrected chi connectivity index (χ0v) is 18.5. The molecule has 0 radical (unpaired) electrons. The van der Waals surface area contributed by atoms with Crippen LogP contribution in [0.3, 0.4) is 0 Å². The van der Waals surface area contributed by atoms with Gasteiger partial charge in [-0.15, -0.1) is 0 Å². The van der Waals surface area contributed by atoms with Gasteiger partial charge in [-0.2, -0.15) is 5.26 Å². The molecule has 32 heavy (non-hydrogen) atoms. The van der Waals surface area contributed by atoms with Gasteiger partial charge in [-0.05, 0) is 36.2 Å². The minimum atomic E-state index is -1.21. The van der Waals surface area contributed by atoms with Crippen LogP contribution < -0.4 is 14.4 Å². The van der Waals surface area contributed by atoms with E-state index in [9.17, 15) is 20.0 Å². The summed E-state index contributed by atoms with van der Waals surface area (Å²) in [4.78, 5) is 26.5. The molecule has 0 aromatic heterocycles. The van der Waals surface area contributed by atoms with Crippen molar-refractivity contribution in [1.29, 1.82) is 5.26 Å². The second-order valence-electron chi connectivity index (χ2n) is 7.94. The van der Waals surface area contributed by atoms with Crippen molar-refractivity contribution in [1.82, 2.24) is 0 Å². The van der Waals surface area contributed by atoms with Crippen LogP contribution in [0.4, 0.5) is 5.69 Å². The minimum absolute atomic E-state index is 0.125. The second kappa shape index (κ2) is 9.71. The molecule has 2 atom stereocenters. The Labute approximate surface area is 186 Å². The van der Waals surface area contributed by atoms with E-state index in [4.69, 9.17) is 14.2 Å². The number of hydrogen-bond donors (Lipinski definition) is 1. The van der Waals surface area contributed by atoms with Crippen molar-refractivity contribution in [2.24, 2.45) is 5.92 Å². The van der Waals surface area contributed by atoms with E-state index in [2.05, 4.69) is 6.07 Å². The molecule has 168 valence electrons.